The molecule has 0 bridgehead atoms. The first-order valence-electron chi connectivity index (χ1n) is 5.70. The van der Waals surface area contributed by atoms with E-state index in [1.165, 1.54) is 32.4 Å². The summed E-state index contributed by atoms with van der Waals surface area (Å²) in [6, 6.07) is 0.766. The van der Waals surface area contributed by atoms with Gasteiger partial charge in [-0.3, -0.25) is 0 Å². The van der Waals surface area contributed by atoms with Crippen LogP contribution in [0.15, 0.2) is 0 Å². The van der Waals surface area contributed by atoms with Crippen LogP contribution >= 0.6 is 0 Å². The molecule has 3 nitrogen and oxygen atoms in total. The van der Waals surface area contributed by atoms with Crippen molar-refractivity contribution in [2.24, 2.45) is 11.7 Å². The van der Waals surface area contributed by atoms with E-state index >= 15 is 0 Å². The number of hydrogen-bond donors (Lipinski definition) is 1. The molecule has 0 aliphatic heterocycles. The van der Waals surface area contributed by atoms with Crippen molar-refractivity contribution in [3.8, 4) is 0 Å². The summed E-state index contributed by atoms with van der Waals surface area (Å²) in [4.78, 5) is 4.74. The van der Waals surface area contributed by atoms with Gasteiger partial charge in [0.05, 0.1) is 0 Å². The maximum atomic E-state index is 5.70. The van der Waals surface area contributed by atoms with Crippen molar-refractivity contribution in [3.05, 3.63) is 0 Å². The zero-order chi connectivity index (χ0) is 10.6. The second kappa shape index (κ2) is 5.69. The zero-order valence-corrected chi connectivity index (χ0v) is 9.87. The highest BCUT2D eigenvalue weighted by Crippen LogP contribution is 2.30. The van der Waals surface area contributed by atoms with Gasteiger partial charge in [-0.1, -0.05) is 0 Å². The largest absolute Gasteiger partial charge is 0.330 e. The fourth-order valence-corrected chi connectivity index (χ4v) is 2.21. The molecule has 0 amide bonds. The van der Waals surface area contributed by atoms with Crippen LogP contribution in [0, 0.1) is 5.92 Å². The molecule has 0 saturated heterocycles. The van der Waals surface area contributed by atoms with E-state index in [4.69, 9.17) is 5.73 Å². The van der Waals surface area contributed by atoms with E-state index in [1.807, 2.05) is 0 Å². The SMILES string of the molecule is CN(C)CCCN(C)C1CCC1CN. The molecule has 2 atom stereocenters. The van der Waals surface area contributed by atoms with Gasteiger partial charge in [0.15, 0.2) is 0 Å². The molecule has 1 aliphatic carbocycles. The molecule has 1 rings (SSSR count). The standard InChI is InChI=1S/C11H25N3/c1-13(2)7-4-8-14(3)11-6-5-10(11)9-12/h10-11H,4-9,12H2,1-3H3. The average Bonchev–Trinajstić information content (AvgIpc) is 2.02. The molecule has 2 N–H and O–H groups in total. The lowest BCUT2D eigenvalue weighted by molar-refractivity contribution is 0.0869. The minimum Gasteiger partial charge on any atom is -0.330 e. The van der Waals surface area contributed by atoms with Crippen LogP contribution in [0.4, 0.5) is 0 Å². The predicted molar refractivity (Wildman–Crippen MR) is 61.4 cm³/mol. The smallest absolute Gasteiger partial charge is 0.0133 e. The van der Waals surface area contributed by atoms with Crippen LogP contribution in [-0.4, -0.2) is 56.6 Å². The predicted octanol–water partition coefficient (Wildman–Crippen LogP) is 0.607. The van der Waals surface area contributed by atoms with Crippen molar-refractivity contribution in [2.45, 2.75) is 25.3 Å². The van der Waals surface area contributed by atoms with Crippen LogP contribution in [-0.2, 0) is 0 Å². The Morgan fingerprint density at radius 1 is 1.14 bits per heavy atom. The molecule has 0 aromatic heterocycles. The van der Waals surface area contributed by atoms with Gasteiger partial charge in [-0.2, -0.15) is 0 Å². The lowest BCUT2D eigenvalue weighted by Gasteiger charge is -2.42. The summed E-state index contributed by atoms with van der Waals surface area (Å²) in [7, 11) is 6.50. The molecule has 84 valence electrons. The van der Waals surface area contributed by atoms with Crippen LogP contribution in [0.5, 0.6) is 0 Å². The van der Waals surface area contributed by atoms with Gasteiger partial charge in [0.25, 0.3) is 0 Å². The van der Waals surface area contributed by atoms with Gasteiger partial charge in [0, 0.05) is 6.04 Å². The maximum absolute atomic E-state index is 5.70. The third-order valence-electron chi connectivity index (χ3n) is 3.36. The molecular weight excluding hydrogens is 174 g/mol. The molecule has 0 heterocycles. The van der Waals surface area contributed by atoms with Crippen molar-refractivity contribution >= 4 is 0 Å². The van der Waals surface area contributed by atoms with E-state index in [1.54, 1.807) is 0 Å². The molecule has 0 radical (unpaired) electrons. The highest BCUT2D eigenvalue weighted by molar-refractivity contribution is 4.88. The van der Waals surface area contributed by atoms with Crippen molar-refractivity contribution in [2.75, 3.05) is 40.8 Å². The number of nitrogens with two attached hydrogens (primary N) is 1. The summed E-state index contributed by atoms with van der Waals surface area (Å²) >= 11 is 0. The minimum absolute atomic E-state index is 0.763. The fraction of sp³-hybridized carbons (Fsp3) is 1.00. The first-order valence-corrected chi connectivity index (χ1v) is 5.70. The van der Waals surface area contributed by atoms with Crippen molar-refractivity contribution in [3.63, 3.8) is 0 Å². The Hall–Kier alpha value is -0.120. The second-order valence-electron chi connectivity index (χ2n) is 4.78. The van der Waals surface area contributed by atoms with Crippen LogP contribution < -0.4 is 5.73 Å². The van der Waals surface area contributed by atoms with Crippen LogP contribution in [0.1, 0.15) is 19.3 Å². The van der Waals surface area contributed by atoms with E-state index in [0.29, 0.717) is 0 Å². The van der Waals surface area contributed by atoms with E-state index < -0.39 is 0 Å². The number of rotatable bonds is 6. The molecule has 3 heteroatoms. The first-order chi connectivity index (χ1) is 6.65. The molecule has 0 aromatic rings. The van der Waals surface area contributed by atoms with Gasteiger partial charge in [-0.15, -0.1) is 0 Å². The summed E-state index contributed by atoms with van der Waals surface area (Å²) in [6.07, 6.45) is 3.94. The Bertz CT molecular complexity index is 157. The van der Waals surface area contributed by atoms with Gasteiger partial charge in [0.2, 0.25) is 0 Å². The van der Waals surface area contributed by atoms with Gasteiger partial charge in [0.1, 0.15) is 0 Å². The molecule has 1 aliphatic rings. The normalized spacial score (nSPS) is 27.0. The van der Waals surface area contributed by atoms with Gasteiger partial charge in [-0.25, -0.2) is 0 Å². The van der Waals surface area contributed by atoms with Crippen molar-refractivity contribution in [1.29, 1.82) is 0 Å². The maximum Gasteiger partial charge on any atom is 0.0133 e. The lowest BCUT2D eigenvalue weighted by atomic mass is 9.78. The van der Waals surface area contributed by atoms with Gasteiger partial charge >= 0.3 is 0 Å². The molecule has 14 heavy (non-hydrogen) atoms. The average molecular weight is 199 g/mol. The van der Waals surface area contributed by atoms with Gasteiger partial charge in [-0.05, 0) is 66.0 Å². The highest BCUT2D eigenvalue weighted by atomic mass is 15.1. The molecule has 0 aromatic carbocycles. The van der Waals surface area contributed by atoms with E-state index in [-0.39, 0.29) is 0 Å². The quantitative estimate of drug-likeness (QED) is 0.680. The Kier molecular flexibility index (Phi) is 4.85. The van der Waals surface area contributed by atoms with E-state index in [0.717, 1.165) is 18.5 Å². The van der Waals surface area contributed by atoms with Gasteiger partial charge < -0.3 is 15.5 Å². The Labute approximate surface area is 88.2 Å². The molecule has 0 spiro atoms. The van der Waals surface area contributed by atoms with E-state index in [2.05, 4.69) is 30.9 Å². The molecule has 1 fully saturated rings. The fourth-order valence-electron chi connectivity index (χ4n) is 2.21. The van der Waals surface area contributed by atoms with Crippen molar-refractivity contribution in [1.82, 2.24) is 9.80 Å². The molecule has 1 saturated carbocycles. The topological polar surface area (TPSA) is 32.5 Å². The first kappa shape index (κ1) is 12.0. The molecule has 2 unspecified atom stereocenters. The Balaban J connectivity index is 2.12. The van der Waals surface area contributed by atoms with Crippen LogP contribution in [0.3, 0.4) is 0 Å². The second-order valence-corrected chi connectivity index (χ2v) is 4.78. The molecular formula is C11H25N3. The minimum atomic E-state index is 0.763. The zero-order valence-electron chi connectivity index (χ0n) is 9.87. The van der Waals surface area contributed by atoms with Crippen molar-refractivity contribution < 1.29 is 0 Å². The van der Waals surface area contributed by atoms with E-state index in [9.17, 15) is 0 Å². The summed E-state index contributed by atoms with van der Waals surface area (Å²) in [5.74, 6) is 0.763. The lowest BCUT2D eigenvalue weighted by Crippen LogP contribution is -2.48. The third-order valence-corrected chi connectivity index (χ3v) is 3.36. The number of hydrogen-bond acceptors (Lipinski definition) is 3. The number of nitrogens with zero attached hydrogens (tertiary/aromatic N) is 2. The third kappa shape index (κ3) is 3.23. The summed E-state index contributed by atoms with van der Waals surface area (Å²) < 4.78 is 0. The van der Waals surface area contributed by atoms with Crippen LogP contribution in [0.2, 0.25) is 0 Å². The summed E-state index contributed by atoms with van der Waals surface area (Å²) in [5, 5.41) is 0. The Morgan fingerprint density at radius 3 is 2.29 bits per heavy atom. The summed E-state index contributed by atoms with van der Waals surface area (Å²) in [5.41, 5.74) is 5.70. The monoisotopic (exact) mass is 199 g/mol. The van der Waals surface area contributed by atoms with Crippen LogP contribution in [0.25, 0.3) is 0 Å². The highest BCUT2D eigenvalue weighted by Gasteiger charge is 2.32. The summed E-state index contributed by atoms with van der Waals surface area (Å²) in [6.45, 7) is 3.26. The Morgan fingerprint density at radius 2 is 1.86 bits per heavy atom.